The minimum Gasteiger partial charge on any atom is -0.458 e. The lowest BCUT2D eigenvalue weighted by molar-refractivity contribution is 0.0328. The van der Waals surface area contributed by atoms with Gasteiger partial charge in [0.1, 0.15) is 6.10 Å². The molecule has 1 aromatic rings. The number of carbonyl (C=O) groups excluding carboxylic acids is 1. The Bertz CT molecular complexity index is 412. The van der Waals surface area contributed by atoms with Gasteiger partial charge in [-0.2, -0.15) is 0 Å². The van der Waals surface area contributed by atoms with Gasteiger partial charge in [0.05, 0.1) is 5.56 Å². The lowest BCUT2D eigenvalue weighted by Crippen LogP contribution is -2.15. The van der Waals surface area contributed by atoms with E-state index in [1.165, 1.54) is 0 Å². The Balaban J connectivity index is 1.98. The van der Waals surface area contributed by atoms with Crippen LogP contribution in [0.3, 0.4) is 0 Å². The normalized spacial score (nSPS) is 19.8. The molecule has 1 aliphatic carbocycles. The molecular weight excluding hydrogens is 204 g/mol. The largest absolute Gasteiger partial charge is 0.458 e. The van der Waals surface area contributed by atoms with Gasteiger partial charge in [-0.3, -0.25) is 0 Å². The molecule has 0 radical (unpaired) electrons. The van der Waals surface area contributed by atoms with Crippen LogP contribution in [0.1, 0.15) is 29.6 Å². The van der Waals surface area contributed by atoms with Gasteiger partial charge in [-0.15, -0.1) is 0 Å². The zero-order chi connectivity index (χ0) is 11.5. The van der Waals surface area contributed by atoms with Crippen LogP contribution in [0.25, 0.3) is 0 Å². The van der Waals surface area contributed by atoms with Crippen LogP contribution in [-0.4, -0.2) is 17.8 Å². The molecule has 0 heterocycles. The molecule has 3 N–H and O–H groups in total. The molecule has 0 spiro atoms. The first kappa shape index (κ1) is 10.7. The summed E-state index contributed by atoms with van der Waals surface area (Å²) in [6.07, 6.45) is 1.94. The molecule has 4 nitrogen and oxygen atoms in total. The highest BCUT2D eigenvalue weighted by molar-refractivity contribution is 5.90. The van der Waals surface area contributed by atoms with E-state index < -0.39 is 0 Å². The molecule has 84 valence electrons. The van der Waals surface area contributed by atoms with Gasteiger partial charge in [0.15, 0.2) is 0 Å². The number of anilines is 1. The van der Waals surface area contributed by atoms with Gasteiger partial charge < -0.3 is 15.9 Å². The Labute approximate surface area is 93.9 Å². The molecule has 0 amide bonds. The Morgan fingerprint density at radius 1 is 1.38 bits per heavy atom. The number of nitrogens with one attached hydrogen (secondary N) is 1. The summed E-state index contributed by atoms with van der Waals surface area (Å²) in [6, 6.07) is 6.65. The summed E-state index contributed by atoms with van der Waals surface area (Å²) >= 11 is 0. The SMILES string of the molecule is N=C1CC[C@H](OC(=O)c2ccc(N)cc2)C1. The highest BCUT2D eigenvalue weighted by atomic mass is 16.5. The van der Waals surface area contributed by atoms with E-state index in [1.807, 2.05) is 0 Å². The second-order valence-corrected chi connectivity index (χ2v) is 4.00. The fraction of sp³-hybridized carbons (Fsp3) is 0.333. The van der Waals surface area contributed by atoms with Gasteiger partial charge in [-0.25, -0.2) is 4.79 Å². The van der Waals surface area contributed by atoms with Crippen LogP contribution in [0.4, 0.5) is 5.69 Å². The van der Waals surface area contributed by atoms with Crippen LogP contribution >= 0.6 is 0 Å². The van der Waals surface area contributed by atoms with Crippen LogP contribution in [-0.2, 0) is 4.74 Å². The summed E-state index contributed by atoms with van der Waals surface area (Å²) in [6.45, 7) is 0. The summed E-state index contributed by atoms with van der Waals surface area (Å²) in [5, 5.41) is 7.45. The predicted molar refractivity (Wildman–Crippen MR) is 61.6 cm³/mol. The van der Waals surface area contributed by atoms with E-state index in [2.05, 4.69) is 0 Å². The highest BCUT2D eigenvalue weighted by Crippen LogP contribution is 2.20. The summed E-state index contributed by atoms with van der Waals surface area (Å²) in [4.78, 5) is 11.7. The molecule has 1 saturated carbocycles. The smallest absolute Gasteiger partial charge is 0.338 e. The molecule has 0 saturated heterocycles. The maximum atomic E-state index is 11.7. The fourth-order valence-electron chi connectivity index (χ4n) is 1.75. The second kappa shape index (κ2) is 4.35. The van der Waals surface area contributed by atoms with E-state index in [0.717, 1.165) is 12.8 Å². The van der Waals surface area contributed by atoms with Crippen molar-refractivity contribution < 1.29 is 9.53 Å². The number of nitrogen functional groups attached to an aromatic ring is 1. The van der Waals surface area contributed by atoms with Crippen molar-refractivity contribution in [3.8, 4) is 0 Å². The van der Waals surface area contributed by atoms with E-state index in [-0.39, 0.29) is 12.1 Å². The van der Waals surface area contributed by atoms with Crippen molar-refractivity contribution >= 4 is 17.4 Å². The van der Waals surface area contributed by atoms with E-state index in [0.29, 0.717) is 23.4 Å². The van der Waals surface area contributed by atoms with Crippen molar-refractivity contribution in [3.05, 3.63) is 29.8 Å². The molecule has 1 aromatic carbocycles. The lowest BCUT2D eigenvalue weighted by atomic mass is 10.2. The molecular formula is C12H14N2O2. The van der Waals surface area contributed by atoms with Gasteiger partial charge >= 0.3 is 5.97 Å². The number of hydrogen-bond donors (Lipinski definition) is 2. The van der Waals surface area contributed by atoms with Crippen molar-refractivity contribution in [2.24, 2.45) is 0 Å². The summed E-state index contributed by atoms with van der Waals surface area (Å²) in [5.74, 6) is -0.334. The van der Waals surface area contributed by atoms with Gasteiger partial charge in [-0.1, -0.05) is 0 Å². The summed E-state index contributed by atoms with van der Waals surface area (Å²) in [7, 11) is 0. The van der Waals surface area contributed by atoms with E-state index in [4.69, 9.17) is 15.9 Å². The fourth-order valence-corrected chi connectivity index (χ4v) is 1.75. The number of hydrogen-bond acceptors (Lipinski definition) is 4. The topological polar surface area (TPSA) is 76.2 Å². The molecule has 0 aliphatic heterocycles. The first-order chi connectivity index (χ1) is 7.65. The number of ether oxygens (including phenoxy) is 1. The molecule has 2 rings (SSSR count). The highest BCUT2D eigenvalue weighted by Gasteiger charge is 2.23. The van der Waals surface area contributed by atoms with Crippen LogP contribution in [0.2, 0.25) is 0 Å². The number of benzene rings is 1. The Morgan fingerprint density at radius 3 is 2.62 bits per heavy atom. The average Bonchev–Trinajstić information content (AvgIpc) is 2.65. The van der Waals surface area contributed by atoms with Crippen molar-refractivity contribution in [3.63, 3.8) is 0 Å². The van der Waals surface area contributed by atoms with Gasteiger partial charge in [0.2, 0.25) is 0 Å². The van der Waals surface area contributed by atoms with Gasteiger partial charge in [0, 0.05) is 17.8 Å². The summed E-state index contributed by atoms with van der Waals surface area (Å²) in [5.41, 5.74) is 7.32. The maximum Gasteiger partial charge on any atom is 0.338 e. The van der Waals surface area contributed by atoms with Gasteiger partial charge in [-0.05, 0) is 37.1 Å². The van der Waals surface area contributed by atoms with E-state index in [9.17, 15) is 4.79 Å². The zero-order valence-electron chi connectivity index (χ0n) is 8.90. The quantitative estimate of drug-likeness (QED) is 0.588. The monoisotopic (exact) mass is 218 g/mol. The number of nitrogens with two attached hydrogens (primary N) is 1. The Kier molecular flexibility index (Phi) is 2.90. The van der Waals surface area contributed by atoms with Crippen molar-refractivity contribution in [1.82, 2.24) is 0 Å². The third-order valence-corrected chi connectivity index (χ3v) is 2.66. The Morgan fingerprint density at radius 2 is 2.06 bits per heavy atom. The second-order valence-electron chi connectivity index (χ2n) is 4.00. The van der Waals surface area contributed by atoms with Crippen molar-refractivity contribution in [2.75, 3.05) is 5.73 Å². The number of esters is 1. The molecule has 0 aromatic heterocycles. The number of carbonyl (C=O) groups is 1. The zero-order valence-corrected chi connectivity index (χ0v) is 8.90. The van der Waals surface area contributed by atoms with Crippen LogP contribution in [0.5, 0.6) is 0 Å². The first-order valence-electron chi connectivity index (χ1n) is 5.28. The Hall–Kier alpha value is -1.84. The average molecular weight is 218 g/mol. The summed E-state index contributed by atoms with van der Waals surface area (Å²) < 4.78 is 5.29. The molecule has 4 heteroatoms. The number of rotatable bonds is 2. The van der Waals surface area contributed by atoms with Crippen LogP contribution in [0, 0.1) is 5.41 Å². The van der Waals surface area contributed by atoms with Gasteiger partial charge in [0.25, 0.3) is 0 Å². The van der Waals surface area contributed by atoms with Crippen molar-refractivity contribution in [2.45, 2.75) is 25.4 Å². The van der Waals surface area contributed by atoms with E-state index in [1.54, 1.807) is 24.3 Å². The third kappa shape index (κ3) is 2.39. The predicted octanol–water partition coefficient (Wildman–Crippen LogP) is 2.00. The molecule has 0 unspecified atom stereocenters. The first-order valence-corrected chi connectivity index (χ1v) is 5.28. The lowest BCUT2D eigenvalue weighted by Gasteiger charge is -2.10. The van der Waals surface area contributed by atoms with Crippen molar-refractivity contribution in [1.29, 1.82) is 5.41 Å². The minimum atomic E-state index is -0.334. The van der Waals surface area contributed by atoms with Crippen LogP contribution < -0.4 is 5.73 Å². The maximum absolute atomic E-state index is 11.7. The molecule has 0 bridgehead atoms. The third-order valence-electron chi connectivity index (χ3n) is 2.66. The minimum absolute atomic E-state index is 0.127. The molecule has 16 heavy (non-hydrogen) atoms. The molecule has 1 fully saturated rings. The standard InChI is InChI=1S/C12H14N2O2/c13-9-3-1-8(2-4-9)12(15)16-11-6-5-10(14)7-11/h1-4,11,14H,5-7,13H2/t11-/m0/s1. The van der Waals surface area contributed by atoms with Crippen LogP contribution in [0.15, 0.2) is 24.3 Å². The molecule has 1 atom stereocenters. The molecule has 1 aliphatic rings. The van der Waals surface area contributed by atoms with E-state index >= 15 is 0 Å².